The molecule has 8 rings (SSSR count). The molecule has 2 unspecified atom stereocenters. The monoisotopic (exact) mass is 792 g/mol. The van der Waals surface area contributed by atoms with Crippen LogP contribution >= 0.6 is 0 Å². The fourth-order valence-electron chi connectivity index (χ4n) is 9.25. The molecule has 1 aliphatic carbocycles. The average Bonchev–Trinajstić information content (AvgIpc) is 3.71. The Morgan fingerprint density at radius 3 is 2.36 bits per heavy atom. The van der Waals surface area contributed by atoms with Crippen LogP contribution in [0.5, 0.6) is 5.75 Å². The molecule has 15 heteroatoms. The lowest BCUT2D eigenvalue weighted by molar-refractivity contribution is -0.142. The van der Waals surface area contributed by atoms with Gasteiger partial charge in [-0.3, -0.25) is 19.2 Å². The highest BCUT2D eigenvalue weighted by molar-refractivity contribution is 7.90. The number of alkyl halides is 3. The summed E-state index contributed by atoms with van der Waals surface area (Å²) in [6.45, 7) is 2.57. The number of aromatic nitrogens is 3. The number of hydrogen-bond acceptors (Lipinski definition) is 7. The summed E-state index contributed by atoms with van der Waals surface area (Å²) in [5.74, 6) is -0.413. The van der Waals surface area contributed by atoms with Crippen LogP contribution in [0.15, 0.2) is 42.6 Å². The first kappa shape index (κ1) is 38.3. The number of nitrogens with zero attached hydrogens (tertiary/aromatic N) is 5. The van der Waals surface area contributed by atoms with E-state index in [1.807, 2.05) is 34.9 Å². The smallest absolute Gasteiger partial charge is 0.408 e. The molecule has 0 spiro atoms. The van der Waals surface area contributed by atoms with Crippen molar-refractivity contribution < 1.29 is 35.9 Å². The number of nitrogens with one attached hydrogen (secondary N) is 1. The van der Waals surface area contributed by atoms with Gasteiger partial charge in [-0.25, -0.2) is 13.1 Å². The van der Waals surface area contributed by atoms with Gasteiger partial charge in [0, 0.05) is 47.2 Å². The van der Waals surface area contributed by atoms with E-state index in [-0.39, 0.29) is 47.3 Å². The normalized spacial score (nSPS) is 20.5. The van der Waals surface area contributed by atoms with Gasteiger partial charge < -0.3 is 14.2 Å². The minimum atomic E-state index is -4.63. The molecule has 3 fully saturated rings. The van der Waals surface area contributed by atoms with Gasteiger partial charge in [0.2, 0.25) is 10.0 Å². The zero-order valence-corrected chi connectivity index (χ0v) is 32.8. The summed E-state index contributed by atoms with van der Waals surface area (Å²) in [5, 5.41) is 4.26. The van der Waals surface area contributed by atoms with Crippen molar-refractivity contribution >= 4 is 44.4 Å². The van der Waals surface area contributed by atoms with Crippen molar-refractivity contribution in [1.82, 2.24) is 28.9 Å². The molecule has 4 aromatic rings. The lowest BCUT2D eigenvalue weighted by Gasteiger charge is -2.38. The van der Waals surface area contributed by atoms with Crippen molar-refractivity contribution in [2.45, 2.75) is 101 Å². The Bertz CT molecular complexity index is 2340. The van der Waals surface area contributed by atoms with Crippen LogP contribution in [0.25, 0.3) is 33.8 Å². The van der Waals surface area contributed by atoms with Gasteiger partial charge in [-0.1, -0.05) is 25.3 Å². The van der Waals surface area contributed by atoms with Crippen LogP contribution in [0.4, 0.5) is 13.2 Å². The number of ether oxygens (including phenoxy) is 1. The second-order valence-corrected chi connectivity index (χ2v) is 18.2. The van der Waals surface area contributed by atoms with Crippen molar-refractivity contribution in [2.75, 3.05) is 27.2 Å². The number of allylic oxidation sites excluding steroid dienone is 1. The molecular weight excluding hydrogens is 746 g/mol. The van der Waals surface area contributed by atoms with Crippen molar-refractivity contribution in [3.8, 4) is 17.0 Å². The number of sulfonamides is 1. The summed E-state index contributed by atoms with van der Waals surface area (Å²) in [6.07, 6.45) is 5.46. The van der Waals surface area contributed by atoms with Gasteiger partial charge in [0.25, 0.3) is 11.8 Å². The topological polar surface area (TPSA) is 119 Å². The van der Waals surface area contributed by atoms with E-state index in [1.165, 1.54) is 20.0 Å². The quantitative estimate of drug-likeness (QED) is 0.203. The number of hydrogen-bond donors (Lipinski definition) is 1. The number of benzene rings is 2. The summed E-state index contributed by atoms with van der Waals surface area (Å²) in [7, 11) is -0.328. The molecule has 2 amide bonds. The number of carbonyl (C=O) groups excluding carboxylic acids is 2. The molecule has 4 aliphatic rings. The number of rotatable bonds is 8. The predicted molar refractivity (Wildman–Crippen MR) is 208 cm³/mol. The molecule has 298 valence electrons. The van der Waals surface area contributed by atoms with E-state index in [9.17, 15) is 31.2 Å². The van der Waals surface area contributed by atoms with E-state index < -0.39 is 33.9 Å². The lowest BCUT2D eigenvalue weighted by Crippen LogP contribution is -2.53. The second-order valence-electron chi connectivity index (χ2n) is 16.0. The number of fused-ring (bicyclic) bond motifs is 7. The van der Waals surface area contributed by atoms with Gasteiger partial charge in [0.05, 0.1) is 42.1 Å². The molecule has 11 nitrogen and oxygen atoms in total. The lowest BCUT2D eigenvalue weighted by atomic mass is 9.81. The van der Waals surface area contributed by atoms with Gasteiger partial charge in [-0.05, 0) is 106 Å². The highest BCUT2D eigenvalue weighted by Crippen LogP contribution is 2.48. The van der Waals surface area contributed by atoms with E-state index in [2.05, 4.69) is 21.8 Å². The van der Waals surface area contributed by atoms with E-state index in [4.69, 9.17) is 4.74 Å². The largest absolute Gasteiger partial charge is 0.497 e. The maximum absolute atomic E-state index is 14.5. The number of amides is 2. The van der Waals surface area contributed by atoms with E-state index in [1.54, 1.807) is 24.1 Å². The second kappa shape index (κ2) is 14.4. The Hall–Kier alpha value is -4.63. The maximum Gasteiger partial charge on any atom is 0.408 e. The summed E-state index contributed by atoms with van der Waals surface area (Å²) >= 11 is 0. The molecule has 5 heterocycles. The first-order valence-electron chi connectivity index (χ1n) is 19.4. The van der Waals surface area contributed by atoms with Gasteiger partial charge in [-0.15, -0.1) is 0 Å². The third kappa shape index (κ3) is 6.90. The zero-order valence-electron chi connectivity index (χ0n) is 32.0. The molecule has 3 aliphatic heterocycles. The van der Waals surface area contributed by atoms with Crippen LogP contribution in [0.2, 0.25) is 0 Å². The van der Waals surface area contributed by atoms with Gasteiger partial charge >= 0.3 is 6.18 Å². The molecule has 2 atom stereocenters. The highest BCUT2D eigenvalue weighted by Gasteiger charge is 2.41. The predicted octanol–water partition coefficient (Wildman–Crippen LogP) is 7.06. The van der Waals surface area contributed by atoms with Gasteiger partial charge in [0.1, 0.15) is 12.3 Å². The Morgan fingerprint density at radius 2 is 1.70 bits per heavy atom. The van der Waals surface area contributed by atoms with Crippen LogP contribution in [0.3, 0.4) is 0 Å². The standard InChI is InChI=1S/C41H47F3N6O5S/c1-24(2)56(53,54)46-39(51)26-10-14-33-35(18-26)49-20-28(16-27-17-31(55-4)13-15-32(27)38(49)36(33)25-8-6-5-7-9-25)37-34(19-45-50(37)23-41(42,43)44)40(52)48-21-29-11-12-30(22-48)47(29)3/h10,13-19,24-25,29-30H,5-9,11-12,20-23H2,1-4H3,(H,46,51). The van der Waals surface area contributed by atoms with Crippen LogP contribution < -0.4 is 9.46 Å². The molecule has 2 saturated heterocycles. The van der Waals surface area contributed by atoms with Crippen molar-refractivity contribution in [1.29, 1.82) is 0 Å². The number of methoxy groups -OCH3 is 1. The molecule has 1 N–H and O–H groups in total. The molecular formula is C41H47F3N6O5S. The summed E-state index contributed by atoms with van der Waals surface area (Å²) in [6, 6.07) is 11.2. The first-order chi connectivity index (χ1) is 26.6. The molecule has 2 bridgehead atoms. The molecule has 2 aromatic carbocycles. The maximum atomic E-state index is 14.5. The number of carbonyl (C=O) groups is 2. The van der Waals surface area contributed by atoms with Gasteiger partial charge in [-0.2, -0.15) is 18.3 Å². The minimum absolute atomic E-state index is 0.0444. The molecule has 1 saturated carbocycles. The number of likely N-dealkylation sites (tertiary alicyclic amines) is 1. The van der Waals surface area contributed by atoms with Crippen LogP contribution in [0.1, 0.15) is 102 Å². The third-order valence-electron chi connectivity index (χ3n) is 12.2. The molecule has 2 aromatic heterocycles. The summed E-state index contributed by atoms with van der Waals surface area (Å²) < 4.78 is 79.1. The van der Waals surface area contributed by atoms with Crippen LogP contribution in [-0.2, 0) is 23.1 Å². The number of likely N-dealkylation sites (N-methyl/N-ethyl adjacent to an activating group) is 1. The first-order valence-corrected chi connectivity index (χ1v) is 20.9. The average molecular weight is 793 g/mol. The van der Waals surface area contributed by atoms with E-state index >= 15 is 0 Å². The van der Waals surface area contributed by atoms with E-state index in [0.29, 0.717) is 35.5 Å². The van der Waals surface area contributed by atoms with Gasteiger partial charge in [0.15, 0.2) is 0 Å². The summed E-state index contributed by atoms with van der Waals surface area (Å²) in [4.78, 5) is 32.0. The Kier molecular flexibility index (Phi) is 9.83. The number of piperazine rings is 1. The van der Waals surface area contributed by atoms with Crippen molar-refractivity contribution in [3.05, 3.63) is 70.5 Å². The Balaban J connectivity index is 1.34. The Labute approximate surface area is 324 Å². The fraction of sp³-hybridized carbons (Fsp3) is 0.488. The highest BCUT2D eigenvalue weighted by atomic mass is 32.2. The van der Waals surface area contributed by atoms with Crippen LogP contribution in [0, 0.1) is 0 Å². The molecule has 56 heavy (non-hydrogen) atoms. The third-order valence-corrected chi connectivity index (χ3v) is 14.0. The minimum Gasteiger partial charge on any atom is -0.497 e. The van der Waals surface area contributed by atoms with Crippen molar-refractivity contribution in [3.63, 3.8) is 0 Å². The van der Waals surface area contributed by atoms with E-state index in [0.717, 1.165) is 71.8 Å². The zero-order chi connectivity index (χ0) is 39.7. The van der Waals surface area contributed by atoms with Crippen molar-refractivity contribution in [2.24, 2.45) is 0 Å². The fourth-order valence-corrected chi connectivity index (χ4v) is 9.86. The molecule has 0 radical (unpaired) electrons. The summed E-state index contributed by atoms with van der Waals surface area (Å²) in [5.41, 5.74) is 4.86. The Morgan fingerprint density at radius 1 is 0.982 bits per heavy atom. The SMILES string of the molecule is COc1ccc2c(c1)C=C(c1c(C(=O)N3CC4CCC(C3)N4C)cnn1CC(F)(F)F)Cn1c-2c(C2CCCCC2)c2ccc(C(=O)NS(=O)(=O)C(C)C)cc21. The van der Waals surface area contributed by atoms with Crippen LogP contribution in [-0.4, -0.2) is 95.1 Å². The number of halogens is 3.